The Labute approximate surface area is 374 Å². The zero-order valence-electron chi connectivity index (χ0n) is 38.1. The Morgan fingerprint density at radius 1 is 0.625 bits per heavy atom. The van der Waals surface area contributed by atoms with Gasteiger partial charge in [0.15, 0.2) is 5.78 Å². The lowest BCUT2D eigenvalue weighted by atomic mass is 9.86. The number of fused-ring (bicyclic) bond motifs is 4. The van der Waals surface area contributed by atoms with Gasteiger partial charge in [0, 0.05) is 61.2 Å². The second-order valence-corrected chi connectivity index (χ2v) is 19.0. The standard InChI is InChI=1S/C51H60N6O7/c1-29-9-13-35(41-23-33-21-31(25-52-17-19-58)11-15-39(33)56(41)48(61)63-50(3,4)5)43-37(29)27-54-45(43)47(60)46-44-36(14-10-30(2)38(44)28-55-46)42-24-34-22-32(26-53-18-20-59)12-16-40(34)57(42)49(62)64-51(6,7)8/h9-16,21-24,45-46,52-55,58-59H,17-20,25-28H2,1-8H3. The number of hydrogen-bond donors (Lipinski definition) is 6. The van der Waals surface area contributed by atoms with Gasteiger partial charge in [0.05, 0.1) is 47.7 Å². The molecule has 0 saturated heterocycles. The zero-order chi connectivity index (χ0) is 45.7. The maximum atomic E-state index is 15.5. The molecule has 0 saturated carbocycles. The SMILES string of the molecule is Cc1ccc(-c2cc3cc(CNCCO)ccc3n2C(=O)OC(C)(C)C)c2c1CNC2C(=O)C1NCc2c(C)ccc(-c3cc4cc(CNCCO)ccc4n3C(=O)OC(C)(C)C)c21. The predicted molar refractivity (Wildman–Crippen MR) is 249 cm³/mol. The van der Waals surface area contributed by atoms with E-state index >= 15 is 4.79 Å². The number of carbonyl (C=O) groups is 3. The van der Waals surface area contributed by atoms with Crippen LogP contribution in [0.25, 0.3) is 44.3 Å². The van der Waals surface area contributed by atoms with Gasteiger partial charge in [-0.1, -0.05) is 36.4 Å². The Morgan fingerprint density at radius 2 is 1.03 bits per heavy atom. The van der Waals surface area contributed by atoms with E-state index in [9.17, 15) is 19.8 Å². The number of rotatable bonds is 12. The first-order chi connectivity index (χ1) is 30.5. The summed E-state index contributed by atoms with van der Waals surface area (Å²) in [6.07, 6.45) is -1.04. The monoisotopic (exact) mass is 868 g/mol. The van der Waals surface area contributed by atoms with Crippen molar-refractivity contribution in [3.63, 3.8) is 0 Å². The van der Waals surface area contributed by atoms with Crippen molar-refractivity contribution in [1.29, 1.82) is 0 Å². The van der Waals surface area contributed by atoms with Gasteiger partial charge in [-0.25, -0.2) is 18.7 Å². The topological polar surface area (TPSA) is 168 Å². The van der Waals surface area contributed by atoms with Gasteiger partial charge in [-0.2, -0.15) is 0 Å². The largest absolute Gasteiger partial charge is 0.443 e. The van der Waals surface area contributed by atoms with Gasteiger partial charge in [0.2, 0.25) is 0 Å². The summed E-state index contributed by atoms with van der Waals surface area (Å²) in [5.74, 6) is -0.0782. The first kappa shape index (κ1) is 44.9. The van der Waals surface area contributed by atoms with Crippen LogP contribution in [0, 0.1) is 13.8 Å². The van der Waals surface area contributed by atoms with Crippen molar-refractivity contribution in [3.8, 4) is 22.5 Å². The fourth-order valence-electron chi connectivity index (χ4n) is 9.17. The number of nitrogens with one attached hydrogen (secondary N) is 4. The molecule has 6 N–H and O–H groups in total. The molecule has 13 nitrogen and oxygen atoms in total. The molecule has 0 aliphatic carbocycles. The third kappa shape index (κ3) is 8.76. The van der Waals surface area contributed by atoms with Crippen LogP contribution in [0.15, 0.2) is 72.8 Å². The van der Waals surface area contributed by atoms with E-state index in [1.54, 1.807) is 9.13 Å². The highest BCUT2D eigenvalue weighted by Gasteiger charge is 2.41. The van der Waals surface area contributed by atoms with Crippen LogP contribution in [0.2, 0.25) is 0 Å². The molecule has 2 unspecified atom stereocenters. The third-order valence-corrected chi connectivity index (χ3v) is 12.0. The molecule has 0 spiro atoms. The van der Waals surface area contributed by atoms with Crippen LogP contribution in [0.5, 0.6) is 0 Å². The van der Waals surface area contributed by atoms with Gasteiger partial charge in [0.1, 0.15) is 11.2 Å². The minimum atomic E-state index is -0.763. The number of carbonyl (C=O) groups excluding carboxylic acids is 3. The summed E-state index contributed by atoms with van der Waals surface area (Å²) in [5, 5.41) is 34.0. The summed E-state index contributed by atoms with van der Waals surface area (Å²) >= 11 is 0. The normalized spacial score (nSPS) is 16.1. The molecule has 2 aliphatic rings. The lowest BCUT2D eigenvalue weighted by molar-refractivity contribution is -0.123. The first-order valence-electron chi connectivity index (χ1n) is 22.1. The molecule has 2 aromatic heterocycles. The average Bonchev–Trinajstić information content (AvgIpc) is 4.03. The van der Waals surface area contributed by atoms with E-state index in [-0.39, 0.29) is 19.0 Å². The molecule has 13 heteroatoms. The van der Waals surface area contributed by atoms with Crippen LogP contribution in [0.4, 0.5) is 9.59 Å². The van der Waals surface area contributed by atoms with E-state index < -0.39 is 35.5 Å². The van der Waals surface area contributed by atoms with Crippen LogP contribution < -0.4 is 21.3 Å². The van der Waals surface area contributed by atoms with Crippen molar-refractivity contribution in [2.75, 3.05) is 26.3 Å². The van der Waals surface area contributed by atoms with E-state index in [1.807, 2.05) is 128 Å². The molecule has 8 rings (SSSR count). The number of nitrogens with zero attached hydrogens (tertiary/aromatic N) is 2. The second-order valence-electron chi connectivity index (χ2n) is 19.0. The summed E-state index contributed by atoms with van der Waals surface area (Å²) in [6.45, 7) is 18.1. The Kier molecular flexibility index (Phi) is 12.4. The number of hydrogen-bond acceptors (Lipinski definition) is 11. The summed E-state index contributed by atoms with van der Waals surface area (Å²) in [6, 6.07) is 22.4. The van der Waals surface area contributed by atoms with E-state index in [2.05, 4.69) is 21.3 Å². The number of aryl methyl sites for hydroxylation is 2. The second kappa shape index (κ2) is 17.7. The highest BCUT2D eigenvalue weighted by atomic mass is 16.6. The highest BCUT2D eigenvalue weighted by Crippen LogP contribution is 2.45. The summed E-state index contributed by atoms with van der Waals surface area (Å²) in [5.41, 5.74) is 10.3. The Balaban J connectivity index is 1.25. The lowest BCUT2D eigenvalue weighted by Crippen LogP contribution is -2.32. The van der Waals surface area contributed by atoms with E-state index in [4.69, 9.17) is 9.47 Å². The minimum Gasteiger partial charge on any atom is -0.443 e. The van der Waals surface area contributed by atoms with E-state index in [0.29, 0.717) is 61.7 Å². The number of aromatic nitrogens is 2. The predicted octanol–water partition coefficient (Wildman–Crippen LogP) is 7.83. The van der Waals surface area contributed by atoms with E-state index in [1.165, 1.54) is 0 Å². The molecule has 2 atom stereocenters. The lowest BCUT2D eigenvalue weighted by Gasteiger charge is -2.24. The fourth-order valence-corrected chi connectivity index (χ4v) is 9.17. The molecule has 64 heavy (non-hydrogen) atoms. The molecule has 0 bridgehead atoms. The summed E-state index contributed by atoms with van der Waals surface area (Å²) in [4.78, 5) is 43.9. The van der Waals surface area contributed by atoms with Crippen LogP contribution >= 0.6 is 0 Å². The smallest absolute Gasteiger partial charge is 0.419 e. The average molecular weight is 869 g/mol. The van der Waals surface area contributed by atoms with Gasteiger partial charge in [0.25, 0.3) is 0 Å². The van der Waals surface area contributed by atoms with Crippen molar-refractivity contribution in [1.82, 2.24) is 30.4 Å². The number of benzene rings is 4. The molecule has 4 heterocycles. The maximum absolute atomic E-state index is 15.5. The Morgan fingerprint density at radius 3 is 1.41 bits per heavy atom. The number of aliphatic hydroxyl groups excluding tert-OH is 2. The van der Waals surface area contributed by atoms with Crippen LogP contribution in [-0.2, 0) is 40.4 Å². The fraction of sp³-hybridized carbons (Fsp3) is 0.392. The third-order valence-electron chi connectivity index (χ3n) is 12.0. The van der Waals surface area contributed by atoms with Crippen LogP contribution in [0.1, 0.15) is 98.1 Å². The summed E-state index contributed by atoms with van der Waals surface area (Å²) in [7, 11) is 0. The van der Waals surface area contributed by atoms with Gasteiger partial charge in [-0.05, 0) is 136 Å². The molecule has 2 aliphatic heterocycles. The van der Waals surface area contributed by atoms with Crippen LogP contribution in [-0.4, -0.2) is 74.8 Å². The molecular formula is C51H60N6O7. The molecule has 0 amide bonds. The molecule has 336 valence electrons. The quantitative estimate of drug-likeness (QED) is 0.0664. The van der Waals surface area contributed by atoms with Gasteiger partial charge < -0.3 is 30.3 Å². The van der Waals surface area contributed by atoms with Crippen molar-refractivity contribution in [3.05, 3.63) is 117 Å². The number of Topliss-reactive ketones (excluding diaryl/α,β-unsaturated/α-hetero) is 1. The highest BCUT2D eigenvalue weighted by molar-refractivity contribution is 6.02. The van der Waals surface area contributed by atoms with Crippen molar-refractivity contribution in [2.24, 2.45) is 0 Å². The van der Waals surface area contributed by atoms with E-state index in [0.717, 1.165) is 66.4 Å². The number of ether oxygens (including phenoxy) is 2. The zero-order valence-corrected chi connectivity index (χ0v) is 38.1. The molecule has 6 aromatic rings. The molecule has 0 fully saturated rings. The van der Waals surface area contributed by atoms with Gasteiger partial charge in [-0.15, -0.1) is 0 Å². The first-order valence-corrected chi connectivity index (χ1v) is 22.1. The van der Waals surface area contributed by atoms with Crippen molar-refractivity contribution < 1.29 is 34.1 Å². The molecule has 4 aromatic carbocycles. The van der Waals surface area contributed by atoms with Crippen LogP contribution in [0.3, 0.4) is 0 Å². The Hall–Kier alpha value is -5.67. The summed E-state index contributed by atoms with van der Waals surface area (Å²) < 4.78 is 15.3. The maximum Gasteiger partial charge on any atom is 0.419 e. The number of ketones is 1. The van der Waals surface area contributed by atoms with Gasteiger partial charge in [-0.3, -0.25) is 15.4 Å². The van der Waals surface area contributed by atoms with Gasteiger partial charge >= 0.3 is 12.2 Å². The van der Waals surface area contributed by atoms with Crippen molar-refractivity contribution in [2.45, 2.75) is 105 Å². The Bertz CT molecular complexity index is 2600. The molecular weight excluding hydrogens is 809 g/mol. The number of aliphatic hydroxyl groups is 2. The minimum absolute atomic E-state index is 0.0273. The molecule has 0 radical (unpaired) electrons. The van der Waals surface area contributed by atoms with Crippen molar-refractivity contribution >= 4 is 39.8 Å².